The largest absolute Gasteiger partial charge is 0.489 e. The Kier molecular flexibility index (Phi) is 6.67. The van der Waals surface area contributed by atoms with Crippen LogP contribution in [0.1, 0.15) is 16.8 Å². The molecule has 1 aromatic heterocycles. The molecule has 0 aliphatic rings. The first-order valence-electron chi connectivity index (χ1n) is 7.35. The minimum atomic E-state index is -0.0193. The number of thiazole rings is 1. The first kappa shape index (κ1) is 17.6. The van der Waals surface area contributed by atoms with Crippen molar-refractivity contribution in [3.63, 3.8) is 0 Å². The maximum absolute atomic E-state index is 5.95. The molecule has 0 fully saturated rings. The topological polar surface area (TPSA) is 58.5 Å². The van der Waals surface area contributed by atoms with Gasteiger partial charge in [0, 0.05) is 23.1 Å². The fraction of sp³-hybridized carbons (Fsp3) is 0.375. The van der Waals surface area contributed by atoms with E-state index in [1.165, 1.54) is 4.88 Å². The third kappa shape index (κ3) is 6.08. The summed E-state index contributed by atoms with van der Waals surface area (Å²) in [7, 11) is 1.74. The van der Waals surface area contributed by atoms with Gasteiger partial charge in [-0.1, -0.05) is 17.7 Å². The second-order valence-electron chi connectivity index (χ2n) is 5.06. The third-order valence-corrected chi connectivity index (χ3v) is 4.14. The van der Waals surface area contributed by atoms with E-state index in [4.69, 9.17) is 16.3 Å². The fourth-order valence-electron chi connectivity index (χ4n) is 1.92. The number of rotatable bonds is 6. The molecule has 2 aromatic rings. The highest BCUT2D eigenvalue weighted by molar-refractivity contribution is 7.11. The highest BCUT2D eigenvalue weighted by Crippen LogP contribution is 2.18. The average molecular weight is 353 g/mol. The van der Waals surface area contributed by atoms with Gasteiger partial charge in [-0.25, -0.2) is 4.98 Å². The van der Waals surface area contributed by atoms with Crippen molar-refractivity contribution in [1.29, 1.82) is 0 Å². The monoisotopic (exact) mass is 352 g/mol. The van der Waals surface area contributed by atoms with Crippen LogP contribution in [-0.2, 0) is 6.54 Å². The Balaban J connectivity index is 1.76. The van der Waals surface area contributed by atoms with E-state index in [0.717, 1.165) is 16.7 Å². The van der Waals surface area contributed by atoms with E-state index in [1.54, 1.807) is 24.5 Å². The molecule has 7 heteroatoms. The summed E-state index contributed by atoms with van der Waals surface area (Å²) in [4.78, 5) is 9.72. The number of aryl methyl sites for hydroxylation is 1. The standard InChI is InChI=1S/C16H21ClN4OS/c1-11(22-14-6-4-5-13(17)7-14)8-20-16(18-3)21-10-15-19-9-12(2)23-15/h4-7,9,11H,8,10H2,1-3H3,(H2,18,20,21). The summed E-state index contributed by atoms with van der Waals surface area (Å²) < 4.78 is 5.82. The van der Waals surface area contributed by atoms with Crippen molar-refractivity contribution in [2.75, 3.05) is 13.6 Å². The van der Waals surface area contributed by atoms with E-state index in [-0.39, 0.29) is 6.10 Å². The van der Waals surface area contributed by atoms with Crippen LogP contribution in [0.25, 0.3) is 0 Å². The van der Waals surface area contributed by atoms with Gasteiger partial charge in [0.05, 0.1) is 13.1 Å². The molecule has 2 N–H and O–H groups in total. The first-order chi connectivity index (χ1) is 11.1. The number of hydrogen-bond acceptors (Lipinski definition) is 4. The molecule has 0 amide bonds. The Morgan fingerprint density at radius 1 is 1.43 bits per heavy atom. The fourth-order valence-corrected chi connectivity index (χ4v) is 2.82. The molecule has 124 valence electrons. The van der Waals surface area contributed by atoms with Gasteiger partial charge in [0.15, 0.2) is 5.96 Å². The van der Waals surface area contributed by atoms with Crippen LogP contribution in [0.5, 0.6) is 5.75 Å². The van der Waals surface area contributed by atoms with Crippen LogP contribution in [0.3, 0.4) is 0 Å². The summed E-state index contributed by atoms with van der Waals surface area (Å²) >= 11 is 7.62. The summed E-state index contributed by atoms with van der Waals surface area (Å²) in [6.45, 7) is 5.32. The lowest BCUT2D eigenvalue weighted by molar-refractivity contribution is 0.224. The number of hydrogen-bond donors (Lipinski definition) is 2. The zero-order chi connectivity index (χ0) is 16.7. The van der Waals surface area contributed by atoms with E-state index in [2.05, 4.69) is 20.6 Å². The van der Waals surface area contributed by atoms with Gasteiger partial charge in [-0.15, -0.1) is 11.3 Å². The van der Waals surface area contributed by atoms with Crippen LogP contribution < -0.4 is 15.4 Å². The smallest absolute Gasteiger partial charge is 0.191 e. The molecule has 0 saturated carbocycles. The predicted molar refractivity (Wildman–Crippen MR) is 96.6 cm³/mol. The SMILES string of the molecule is CN=C(NCc1ncc(C)s1)NCC(C)Oc1cccc(Cl)c1. The summed E-state index contributed by atoms with van der Waals surface area (Å²) in [5.74, 6) is 1.48. The van der Waals surface area contributed by atoms with Gasteiger partial charge < -0.3 is 15.4 Å². The van der Waals surface area contributed by atoms with Crippen LogP contribution in [-0.4, -0.2) is 30.6 Å². The molecule has 23 heavy (non-hydrogen) atoms. The molecule has 0 spiro atoms. The van der Waals surface area contributed by atoms with Crippen LogP contribution in [0.2, 0.25) is 5.02 Å². The molecular formula is C16H21ClN4OS. The van der Waals surface area contributed by atoms with E-state index >= 15 is 0 Å². The minimum absolute atomic E-state index is 0.0193. The van der Waals surface area contributed by atoms with Gasteiger partial charge in [-0.2, -0.15) is 0 Å². The molecule has 0 saturated heterocycles. The van der Waals surface area contributed by atoms with Crippen molar-refractivity contribution in [1.82, 2.24) is 15.6 Å². The van der Waals surface area contributed by atoms with Gasteiger partial charge in [0.1, 0.15) is 16.9 Å². The number of aliphatic imine (C=N–C) groups is 1. The Morgan fingerprint density at radius 3 is 2.91 bits per heavy atom. The number of nitrogens with zero attached hydrogens (tertiary/aromatic N) is 2. The van der Waals surface area contributed by atoms with Gasteiger partial charge in [0.2, 0.25) is 0 Å². The molecule has 0 aliphatic carbocycles. The van der Waals surface area contributed by atoms with Crippen molar-refractivity contribution >= 4 is 28.9 Å². The van der Waals surface area contributed by atoms with Crippen molar-refractivity contribution in [3.8, 4) is 5.75 Å². The van der Waals surface area contributed by atoms with Crippen LogP contribution in [0, 0.1) is 6.92 Å². The molecule has 5 nitrogen and oxygen atoms in total. The molecule has 0 bridgehead atoms. The van der Waals surface area contributed by atoms with E-state index < -0.39 is 0 Å². The zero-order valence-corrected chi connectivity index (χ0v) is 15.0. The summed E-state index contributed by atoms with van der Waals surface area (Å²) in [5, 5.41) is 8.18. The summed E-state index contributed by atoms with van der Waals surface area (Å²) in [6.07, 6.45) is 1.85. The van der Waals surface area contributed by atoms with Crippen molar-refractivity contribution < 1.29 is 4.74 Å². The summed E-state index contributed by atoms with van der Waals surface area (Å²) in [5.41, 5.74) is 0. The molecule has 2 rings (SSSR count). The molecule has 0 aliphatic heterocycles. The maximum Gasteiger partial charge on any atom is 0.191 e. The highest BCUT2D eigenvalue weighted by atomic mass is 35.5. The Morgan fingerprint density at radius 2 is 2.26 bits per heavy atom. The van der Waals surface area contributed by atoms with Crippen LogP contribution >= 0.6 is 22.9 Å². The van der Waals surface area contributed by atoms with Gasteiger partial charge in [0.25, 0.3) is 0 Å². The second-order valence-corrected chi connectivity index (χ2v) is 6.81. The number of ether oxygens (including phenoxy) is 1. The van der Waals surface area contributed by atoms with Crippen LogP contribution in [0.4, 0.5) is 0 Å². The average Bonchev–Trinajstić information content (AvgIpc) is 2.93. The van der Waals surface area contributed by atoms with E-state index in [9.17, 15) is 0 Å². The normalized spacial score (nSPS) is 12.8. The Labute approximate surface area is 145 Å². The molecule has 0 radical (unpaired) electrons. The van der Waals surface area contributed by atoms with Crippen molar-refractivity contribution in [3.05, 3.63) is 45.4 Å². The first-order valence-corrected chi connectivity index (χ1v) is 8.54. The summed E-state index contributed by atoms with van der Waals surface area (Å²) in [6, 6.07) is 7.38. The lowest BCUT2D eigenvalue weighted by atomic mass is 10.3. The van der Waals surface area contributed by atoms with Gasteiger partial charge in [-0.3, -0.25) is 4.99 Å². The molecule has 1 unspecified atom stereocenters. The highest BCUT2D eigenvalue weighted by Gasteiger charge is 2.07. The van der Waals surface area contributed by atoms with E-state index in [0.29, 0.717) is 18.1 Å². The van der Waals surface area contributed by atoms with E-state index in [1.807, 2.05) is 38.2 Å². The van der Waals surface area contributed by atoms with Gasteiger partial charge in [-0.05, 0) is 32.0 Å². The molecule has 1 atom stereocenters. The predicted octanol–water partition coefficient (Wildman–Crippen LogP) is 3.24. The van der Waals surface area contributed by atoms with Crippen molar-refractivity contribution in [2.24, 2.45) is 4.99 Å². The molecule has 1 heterocycles. The number of aromatic nitrogens is 1. The number of nitrogens with one attached hydrogen (secondary N) is 2. The van der Waals surface area contributed by atoms with Gasteiger partial charge >= 0.3 is 0 Å². The Hall–Kier alpha value is -1.79. The second kappa shape index (κ2) is 8.74. The lowest BCUT2D eigenvalue weighted by Crippen LogP contribution is -2.41. The molecular weight excluding hydrogens is 332 g/mol. The minimum Gasteiger partial charge on any atom is -0.489 e. The Bertz CT molecular complexity index is 659. The lowest BCUT2D eigenvalue weighted by Gasteiger charge is -2.17. The maximum atomic E-state index is 5.95. The number of halogens is 1. The third-order valence-electron chi connectivity index (χ3n) is 2.99. The quantitative estimate of drug-likeness (QED) is 0.619. The number of guanidine groups is 1. The number of benzene rings is 1. The van der Waals surface area contributed by atoms with Crippen molar-refractivity contribution in [2.45, 2.75) is 26.5 Å². The zero-order valence-electron chi connectivity index (χ0n) is 13.5. The van der Waals surface area contributed by atoms with Crippen LogP contribution in [0.15, 0.2) is 35.5 Å². The molecule has 1 aromatic carbocycles.